The Kier molecular flexibility index (Phi) is 4.99. The van der Waals surface area contributed by atoms with Gasteiger partial charge in [0.15, 0.2) is 0 Å². The molecule has 3 heteroatoms. The van der Waals surface area contributed by atoms with E-state index < -0.39 is 6.04 Å². The number of nitrogens with two attached hydrogens (primary N) is 1. The summed E-state index contributed by atoms with van der Waals surface area (Å²) in [6.07, 6.45) is 1.04. The molecule has 1 unspecified atom stereocenters. The van der Waals surface area contributed by atoms with Gasteiger partial charge in [0.2, 0.25) is 5.91 Å². The third-order valence-corrected chi connectivity index (χ3v) is 3.33. The van der Waals surface area contributed by atoms with Crippen LogP contribution in [0.3, 0.4) is 0 Å². The molecule has 2 aromatic rings. The van der Waals surface area contributed by atoms with Gasteiger partial charge in [-0.1, -0.05) is 56.3 Å². The first kappa shape index (κ1) is 15.1. The number of amides is 1. The summed E-state index contributed by atoms with van der Waals surface area (Å²) in [5.74, 6) is 0.237. The molecule has 0 spiro atoms. The summed E-state index contributed by atoms with van der Waals surface area (Å²) in [6.45, 7) is 4.38. The predicted octanol–water partition coefficient (Wildman–Crippen LogP) is 3.52. The second-order valence-corrected chi connectivity index (χ2v) is 5.69. The lowest BCUT2D eigenvalue weighted by molar-refractivity contribution is -0.118. The van der Waals surface area contributed by atoms with Crippen LogP contribution in [0.15, 0.2) is 54.6 Å². The molecule has 0 aliphatic carbocycles. The first-order valence-corrected chi connectivity index (χ1v) is 7.26. The van der Waals surface area contributed by atoms with Crippen molar-refractivity contribution < 1.29 is 4.79 Å². The molecule has 0 saturated carbocycles. The second kappa shape index (κ2) is 6.93. The number of rotatable bonds is 6. The largest absolute Gasteiger partial charge is 0.370 e. The fourth-order valence-electron chi connectivity index (χ4n) is 2.34. The molecule has 0 heterocycles. The summed E-state index contributed by atoms with van der Waals surface area (Å²) in [4.78, 5) is 11.7. The van der Waals surface area contributed by atoms with Crippen LogP contribution in [0.5, 0.6) is 0 Å². The summed E-state index contributed by atoms with van der Waals surface area (Å²) in [5.41, 5.74) is 8.58. The molecule has 3 N–H and O–H groups in total. The Labute approximate surface area is 126 Å². The standard InChI is InChI=1S/C18H22N2O/c1-13(2)12-14-8-10-15(11-9-14)17(18(19)21)20-16-6-4-3-5-7-16/h3-11,13,17,20H,12H2,1-2H3,(H2,19,21). The maximum Gasteiger partial charge on any atom is 0.244 e. The van der Waals surface area contributed by atoms with E-state index in [4.69, 9.17) is 5.73 Å². The normalized spacial score (nSPS) is 12.1. The van der Waals surface area contributed by atoms with Gasteiger partial charge in [0.25, 0.3) is 0 Å². The first-order valence-electron chi connectivity index (χ1n) is 7.26. The van der Waals surface area contributed by atoms with E-state index in [9.17, 15) is 4.79 Å². The topological polar surface area (TPSA) is 55.1 Å². The molecule has 110 valence electrons. The van der Waals surface area contributed by atoms with Gasteiger partial charge < -0.3 is 11.1 Å². The Hall–Kier alpha value is -2.29. The number of primary amides is 1. The van der Waals surface area contributed by atoms with E-state index in [1.807, 2.05) is 42.5 Å². The van der Waals surface area contributed by atoms with Gasteiger partial charge in [-0.15, -0.1) is 0 Å². The minimum absolute atomic E-state index is 0.379. The zero-order valence-corrected chi connectivity index (χ0v) is 12.5. The third kappa shape index (κ3) is 4.35. The van der Waals surface area contributed by atoms with Gasteiger partial charge >= 0.3 is 0 Å². The highest BCUT2D eigenvalue weighted by molar-refractivity contribution is 5.84. The smallest absolute Gasteiger partial charge is 0.244 e. The van der Waals surface area contributed by atoms with E-state index in [0.717, 1.165) is 17.7 Å². The predicted molar refractivity (Wildman–Crippen MR) is 87.0 cm³/mol. The van der Waals surface area contributed by atoms with Crippen molar-refractivity contribution in [2.45, 2.75) is 26.3 Å². The summed E-state index contributed by atoms with van der Waals surface area (Å²) < 4.78 is 0. The highest BCUT2D eigenvalue weighted by atomic mass is 16.1. The van der Waals surface area contributed by atoms with Crippen molar-refractivity contribution in [2.75, 3.05) is 5.32 Å². The van der Waals surface area contributed by atoms with Gasteiger partial charge in [0, 0.05) is 5.69 Å². The highest BCUT2D eigenvalue weighted by Crippen LogP contribution is 2.20. The van der Waals surface area contributed by atoms with Gasteiger partial charge in [-0.05, 0) is 35.6 Å². The Balaban J connectivity index is 2.16. The quantitative estimate of drug-likeness (QED) is 0.851. The van der Waals surface area contributed by atoms with Crippen molar-refractivity contribution >= 4 is 11.6 Å². The molecule has 2 aromatic carbocycles. The number of anilines is 1. The molecule has 0 radical (unpaired) electrons. The average Bonchev–Trinajstić information content (AvgIpc) is 2.46. The third-order valence-electron chi connectivity index (χ3n) is 3.33. The molecule has 0 aromatic heterocycles. The van der Waals surface area contributed by atoms with Gasteiger partial charge in [-0.2, -0.15) is 0 Å². The van der Waals surface area contributed by atoms with E-state index in [0.29, 0.717) is 5.92 Å². The Morgan fingerprint density at radius 3 is 2.19 bits per heavy atom. The van der Waals surface area contributed by atoms with Crippen LogP contribution in [-0.2, 0) is 11.2 Å². The molecule has 3 nitrogen and oxygen atoms in total. The lowest BCUT2D eigenvalue weighted by atomic mass is 9.99. The molecule has 0 aliphatic rings. The van der Waals surface area contributed by atoms with Crippen molar-refractivity contribution in [3.8, 4) is 0 Å². The molecule has 1 atom stereocenters. The molecule has 0 bridgehead atoms. The fourth-order valence-corrected chi connectivity index (χ4v) is 2.34. The van der Waals surface area contributed by atoms with Crippen LogP contribution in [0.25, 0.3) is 0 Å². The van der Waals surface area contributed by atoms with Crippen molar-refractivity contribution in [3.05, 3.63) is 65.7 Å². The van der Waals surface area contributed by atoms with Crippen molar-refractivity contribution in [2.24, 2.45) is 11.7 Å². The Bertz CT molecular complexity index is 576. The van der Waals surface area contributed by atoms with Crippen LogP contribution in [-0.4, -0.2) is 5.91 Å². The van der Waals surface area contributed by atoms with E-state index >= 15 is 0 Å². The molecular weight excluding hydrogens is 260 g/mol. The zero-order valence-electron chi connectivity index (χ0n) is 12.5. The summed E-state index contributed by atoms with van der Waals surface area (Å²) in [7, 11) is 0. The lowest BCUT2D eigenvalue weighted by Gasteiger charge is -2.17. The van der Waals surface area contributed by atoms with Gasteiger partial charge in [0.1, 0.15) is 6.04 Å². The number of carbonyl (C=O) groups excluding carboxylic acids is 1. The van der Waals surface area contributed by atoms with Crippen LogP contribution < -0.4 is 11.1 Å². The first-order chi connectivity index (χ1) is 10.1. The SMILES string of the molecule is CC(C)Cc1ccc(C(Nc2ccccc2)C(N)=O)cc1. The molecular formula is C18H22N2O. The molecule has 0 aliphatic heterocycles. The van der Waals surface area contributed by atoms with E-state index in [1.54, 1.807) is 0 Å². The number of para-hydroxylation sites is 1. The second-order valence-electron chi connectivity index (χ2n) is 5.69. The highest BCUT2D eigenvalue weighted by Gasteiger charge is 2.17. The fraction of sp³-hybridized carbons (Fsp3) is 0.278. The Morgan fingerprint density at radius 1 is 1.05 bits per heavy atom. The van der Waals surface area contributed by atoms with E-state index in [-0.39, 0.29) is 5.91 Å². The van der Waals surface area contributed by atoms with Gasteiger partial charge in [-0.3, -0.25) is 4.79 Å². The van der Waals surface area contributed by atoms with Crippen LogP contribution >= 0.6 is 0 Å². The van der Waals surface area contributed by atoms with E-state index in [1.165, 1.54) is 5.56 Å². The van der Waals surface area contributed by atoms with Crippen LogP contribution in [0.2, 0.25) is 0 Å². The summed E-state index contributed by atoms with van der Waals surface area (Å²) in [6, 6.07) is 17.2. The maximum absolute atomic E-state index is 11.7. The number of carbonyl (C=O) groups is 1. The summed E-state index contributed by atoms with van der Waals surface area (Å²) >= 11 is 0. The van der Waals surface area contributed by atoms with Crippen molar-refractivity contribution in [1.82, 2.24) is 0 Å². The minimum Gasteiger partial charge on any atom is -0.370 e. The monoisotopic (exact) mass is 282 g/mol. The minimum atomic E-state index is -0.513. The number of nitrogens with one attached hydrogen (secondary N) is 1. The van der Waals surface area contributed by atoms with Gasteiger partial charge in [-0.25, -0.2) is 0 Å². The summed E-state index contributed by atoms with van der Waals surface area (Å²) in [5, 5.41) is 3.18. The number of benzene rings is 2. The average molecular weight is 282 g/mol. The van der Waals surface area contributed by atoms with Crippen LogP contribution in [0.1, 0.15) is 31.0 Å². The Morgan fingerprint density at radius 2 is 1.67 bits per heavy atom. The maximum atomic E-state index is 11.7. The molecule has 0 saturated heterocycles. The van der Waals surface area contributed by atoms with Gasteiger partial charge in [0.05, 0.1) is 0 Å². The lowest BCUT2D eigenvalue weighted by Crippen LogP contribution is -2.27. The zero-order chi connectivity index (χ0) is 15.2. The van der Waals surface area contributed by atoms with Crippen LogP contribution in [0, 0.1) is 5.92 Å². The number of hydrogen-bond donors (Lipinski definition) is 2. The van der Waals surface area contributed by atoms with E-state index in [2.05, 4.69) is 31.3 Å². The molecule has 1 amide bonds. The number of hydrogen-bond acceptors (Lipinski definition) is 2. The van der Waals surface area contributed by atoms with Crippen LogP contribution in [0.4, 0.5) is 5.69 Å². The molecule has 2 rings (SSSR count). The van der Waals surface area contributed by atoms with Crippen molar-refractivity contribution in [3.63, 3.8) is 0 Å². The molecule has 0 fully saturated rings. The van der Waals surface area contributed by atoms with Crippen molar-refractivity contribution in [1.29, 1.82) is 0 Å². The molecule has 21 heavy (non-hydrogen) atoms.